The number of anilines is 1. The van der Waals surface area contributed by atoms with Crippen LogP contribution < -0.4 is 10.2 Å². The summed E-state index contributed by atoms with van der Waals surface area (Å²) in [4.78, 5) is 18.3. The van der Waals surface area contributed by atoms with Crippen LogP contribution in [0.25, 0.3) is 11.0 Å². The van der Waals surface area contributed by atoms with Crippen molar-refractivity contribution in [2.24, 2.45) is 7.05 Å². The van der Waals surface area contributed by atoms with Gasteiger partial charge in [0.15, 0.2) is 0 Å². The van der Waals surface area contributed by atoms with Crippen molar-refractivity contribution in [2.75, 3.05) is 18.0 Å². The minimum atomic E-state index is 0.182. The highest BCUT2D eigenvalue weighted by molar-refractivity contribution is 5.97. The summed E-state index contributed by atoms with van der Waals surface area (Å²) >= 11 is 0. The Kier molecular flexibility index (Phi) is 2.98. The van der Waals surface area contributed by atoms with Gasteiger partial charge in [-0.3, -0.25) is 4.79 Å². The molecule has 0 aliphatic carbocycles. The normalized spacial score (nSPS) is 19.6. The Balaban J connectivity index is 1.89. The van der Waals surface area contributed by atoms with Crippen LogP contribution in [0.5, 0.6) is 0 Å². The van der Waals surface area contributed by atoms with E-state index in [9.17, 15) is 4.79 Å². The van der Waals surface area contributed by atoms with Crippen molar-refractivity contribution >= 4 is 22.6 Å². The van der Waals surface area contributed by atoms with Crippen LogP contribution in [0.1, 0.15) is 13.3 Å². The van der Waals surface area contributed by atoms with Crippen molar-refractivity contribution in [1.82, 2.24) is 14.9 Å². The Morgan fingerprint density at radius 1 is 1.47 bits per heavy atom. The van der Waals surface area contributed by atoms with E-state index in [2.05, 4.69) is 17.2 Å². The number of imidazole rings is 1. The summed E-state index contributed by atoms with van der Waals surface area (Å²) < 4.78 is 1.98. The van der Waals surface area contributed by atoms with E-state index in [0.717, 1.165) is 29.8 Å². The highest BCUT2D eigenvalue weighted by Gasteiger charge is 2.30. The first-order valence-electron chi connectivity index (χ1n) is 6.64. The molecule has 0 bridgehead atoms. The second-order valence-corrected chi connectivity index (χ2v) is 4.99. The third-order valence-electron chi connectivity index (χ3n) is 3.64. The third-order valence-corrected chi connectivity index (χ3v) is 3.64. The fraction of sp³-hybridized carbons (Fsp3) is 0.429. The summed E-state index contributed by atoms with van der Waals surface area (Å²) in [5.41, 5.74) is 2.95. The summed E-state index contributed by atoms with van der Waals surface area (Å²) in [5.74, 6) is 0.182. The smallest absolute Gasteiger partial charge is 0.228 e. The predicted octanol–water partition coefficient (Wildman–Crippen LogP) is 1.29. The number of amides is 1. The molecule has 0 spiro atoms. The second kappa shape index (κ2) is 4.66. The van der Waals surface area contributed by atoms with Gasteiger partial charge in [0.25, 0.3) is 0 Å². The lowest BCUT2D eigenvalue weighted by molar-refractivity contribution is -0.117. The van der Waals surface area contributed by atoms with E-state index in [0.29, 0.717) is 6.42 Å². The van der Waals surface area contributed by atoms with Gasteiger partial charge in [0.2, 0.25) is 5.91 Å². The number of aryl methyl sites for hydroxylation is 1. The number of hydrogen-bond acceptors (Lipinski definition) is 3. The minimum absolute atomic E-state index is 0.182. The fourth-order valence-electron chi connectivity index (χ4n) is 2.67. The third kappa shape index (κ3) is 2.10. The molecule has 0 radical (unpaired) electrons. The summed E-state index contributed by atoms with van der Waals surface area (Å²) in [7, 11) is 1.97. The summed E-state index contributed by atoms with van der Waals surface area (Å²) in [5, 5.41) is 3.33. The Labute approximate surface area is 112 Å². The number of carbonyl (C=O) groups is 1. The Bertz CT molecular complexity index is 619. The number of benzene rings is 1. The molecule has 100 valence electrons. The molecule has 3 rings (SSSR count). The number of rotatable bonds is 3. The molecule has 1 fully saturated rings. The zero-order valence-electron chi connectivity index (χ0n) is 11.3. The largest absolute Gasteiger partial charge is 0.334 e. The molecule has 1 saturated heterocycles. The number of nitrogens with one attached hydrogen (secondary N) is 1. The van der Waals surface area contributed by atoms with Gasteiger partial charge in [-0.05, 0) is 24.7 Å². The monoisotopic (exact) mass is 258 g/mol. The maximum Gasteiger partial charge on any atom is 0.228 e. The van der Waals surface area contributed by atoms with Crippen LogP contribution in [0.15, 0.2) is 24.5 Å². The van der Waals surface area contributed by atoms with Crippen LogP contribution in [0.2, 0.25) is 0 Å². The lowest BCUT2D eigenvalue weighted by Gasteiger charge is -2.17. The van der Waals surface area contributed by atoms with E-state index in [1.807, 2.05) is 34.7 Å². The van der Waals surface area contributed by atoms with Gasteiger partial charge in [0.05, 0.1) is 17.4 Å². The molecule has 2 aromatic rings. The van der Waals surface area contributed by atoms with Gasteiger partial charge in [-0.2, -0.15) is 0 Å². The zero-order chi connectivity index (χ0) is 13.4. The molecule has 0 saturated carbocycles. The first kappa shape index (κ1) is 12.2. The number of carbonyl (C=O) groups excluding carboxylic acids is 1. The molecule has 1 aliphatic rings. The van der Waals surface area contributed by atoms with Crippen LogP contribution in [0, 0.1) is 0 Å². The van der Waals surface area contributed by atoms with Gasteiger partial charge in [-0.25, -0.2) is 4.98 Å². The van der Waals surface area contributed by atoms with Gasteiger partial charge in [-0.1, -0.05) is 6.92 Å². The SMILES string of the molecule is CCNC1CC(=O)N(c2ccc3c(c2)ncn3C)C1. The molecule has 1 unspecified atom stereocenters. The predicted molar refractivity (Wildman–Crippen MR) is 75.1 cm³/mol. The van der Waals surface area contributed by atoms with Gasteiger partial charge < -0.3 is 14.8 Å². The van der Waals surface area contributed by atoms with Crippen molar-refractivity contribution in [2.45, 2.75) is 19.4 Å². The van der Waals surface area contributed by atoms with Gasteiger partial charge >= 0.3 is 0 Å². The lowest BCUT2D eigenvalue weighted by Crippen LogP contribution is -2.32. The molecular weight excluding hydrogens is 240 g/mol. The number of likely N-dealkylation sites (N-methyl/N-ethyl adjacent to an activating group) is 1. The average molecular weight is 258 g/mol. The topological polar surface area (TPSA) is 50.2 Å². The molecule has 1 aromatic carbocycles. The first-order chi connectivity index (χ1) is 9.19. The molecule has 2 heterocycles. The van der Waals surface area contributed by atoms with Crippen molar-refractivity contribution < 1.29 is 4.79 Å². The van der Waals surface area contributed by atoms with Crippen molar-refractivity contribution in [3.05, 3.63) is 24.5 Å². The first-order valence-corrected chi connectivity index (χ1v) is 6.64. The molecule has 1 atom stereocenters. The molecule has 1 aliphatic heterocycles. The maximum absolute atomic E-state index is 12.1. The van der Waals surface area contributed by atoms with Gasteiger partial charge in [-0.15, -0.1) is 0 Å². The van der Waals surface area contributed by atoms with E-state index >= 15 is 0 Å². The maximum atomic E-state index is 12.1. The number of fused-ring (bicyclic) bond motifs is 1. The van der Waals surface area contributed by atoms with Crippen molar-refractivity contribution in [1.29, 1.82) is 0 Å². The van der Waals surface area contributed by atoms with E-state index in [-0.39, 0.29) is 11.9 Å². The number of nitrogens with zero attached hydrogens (tertiary/aromatic N) is 3. The lowest BCUT2D eigenvalue weighted by atomic mass is 10.2. The van der Waals surface area contributed by atoms with Crippen molar-refractivity contribution in [3.8, 4) is 0 Å². The molecular formula is C14H18N4O. The fourth-order valence-corrected chi connectivity index (χ4v) is 2.67. The summed E-state index contributed by atoms with van der Waals surface area (Å²) in [6.07, 6.45) is 2.37. The standard InChI is InChI=1S/C14H18N4O/c1-3-15-10-6-14(19)18(8-10)11-4-5-13-12(7-11)16-9-17(13)2/h4-5,7,9-10,15H,3,6,8H2,1-2H3. The number of aromatic nitrogens is 2. The highest BCUT2D eigenvalue weighted by Crippen LogP contribution is 2.25. The zero-order valence-corrected chi connectivity index (χ0v) is 11.3. The second-order valence-electron chi connectivity index (χ2n) is 4.99. The van der Waals surface area contributed by atoms with Gasteiger partial charge in [0.1, 0.15) is 0 Å². The average Bonchev–Trinajstić information content (AvgIpc) is 2.94. The van der Waals surface area contributed by atoms with E-state index in [4.69, 9.17) is 0 Å². The quantitative estimate of drug-likeness (QED) is 0.902. The Morgan fingerprint density at radius 2 is 2.32 bits per heavy atom. The minimum Gasteiger partial charge on any atom is -0.334 e. The van der Waals surface area contributed by atoms with Crippen LogP contribution in [0.4, 0.5) is 5.69 Å². The van der Waals surface area contributed by atoms with Crippen LogP contribution in [0.3, 0.4) is 0 Å². The number of hydrogen-bond donors (Lipinski definition) is 1. The molecule has 19 heavy (non-hydrogen) atoms. The highest BCUT2D eigenvalue weighted by atomic mass is 16.2. The van der Waals surface area contributed by atoms with Crippen LogP contribution in [-0.4, -0.2) is 34.6 Å². The molecule has 5 nitrogen and oxygen atoms in total. The Morgan fingerprint density at radius 3 is 3.11 bits per heavy atom. The van der Waals surface area contributed by atoms with E-state index in [1.54, 1.807) is 6.33 Å². The summed E-state index contributed by atoms with van der Waals surface area (Å²) in [6, 6.07) is 6.26. The molecule has 1 amide bonds. The van der Waals surface area contributed by atoms with E-state index < -0.39 is 0 Å². The van der Waals surface area contributed by atoms with Crippen molar-refractivity contribution in [3.63, 3.8) is 0 Å². The molecule has 1 N–H and O–H groups in total. The van der Waals surface area contributed by atoms with E-state index in [1.165, 1.54) is 0 Å². The van der Waals surface area contributed by atoms with Gasteiger partial charge in [0, 0.05) is 31.7 Å². The molecule has 5 heteroatoms. The van der Waals surface area contributed by atoms with Crippen LogP contribution in [-0.2, 0) is 11.8 Å². The van der Waals surface area contributed by atoms with Crippen LogP contribution >= 0.6 is 0 Å². The Hall–Kier alpha value is -1.88. The summed E-state index contributed by atoms with van der Waals surface area (Å²) in [6.45, 7) is 3.70. The molecule has 1 aromatic heterocycles.